The topological polar surface area (TPSA) is 52.6 Å². The SMILES string of the molecule is Cc1ccc(C(=O)OC(=C(OC(=O)c2ccc(C)cc2)c2ccc(C(C)(C)C)cc2)c2ccc(C(C)(C)C)cc2)cc1. The van der Waals surface area contributed by atoms with E-state index in [9.17, 15) is 9.59 Å². The van der Waals surface area contributed by atoms with Gasteiger partial charge in [0.2, 0.25) is 0 Å². The van der Waals surface area contributed by atoms with Crippen LogP contribution in [0.2, 0.25) is 0 Å². The summed E-state index contributed by atoms with van der Waals surface area (Å²) in [5, 5.41) is 0. The molecule has 0 aromatic heterocycles. The Kier molecular flexibility index (Phi) is 8.86. The lowest BCUT2D eigenvalue weighted by Gasteiger charge is -2.21. The number of rotatable bonds is 6. The van der Waals surface area contributed by atoms with Crippen LogP contribution in [0.25, 0.3) is 11.5 Å². The molecule has 0 aliphatic rings. The Morgan fingerprint density at radius 2 is 0.690 bits per heavy atom. The highest BCUT2D eigenvalue weighted by Crippen LogP contribution is 2.33. The van der Waals surface area contributed by atoms with E-state index in [-0.39, 0.29) is 22.3 Å². The molecule has 0 spiro atoms. The molecule has 42 heavy (non-hydrogen) atoms. The van der Waals surface area contributed by atoms with E-state index in [1.807, 2.05) is 86.6 Å². The third-order valence-corrected chi connectivity index (χ3v) is 7.20. The summed E-state index contributed by atoms with van der Waals surface area (Å²) in [6.45, 7) is 16.8. The minimum Gasteiger partial charge on any atom is -0.418 e. The predicted molar refractivity (Wildman–Crippen MR) is 170 cm³/mol. The Hall–Kier alpha value is -4.44. The van der Waals surface area contributed by atoms with E-state index in [2.05, 4.69) is 41.5 Å². The predicted octanol–water partition coefficient (Wildman–Crippen LogP) is 9.44. The Labute approximate surface area is 250 Å². The van der Waals surface area contributed by atoms with Crippen molar-refractivity contribution < 1.29 is 19.1 Å². The molecule has 0 N–H and O–H groups in total. The second-order valence-corrected chi connectivity index (χ2v) is 12.8. The van der Waals surface area contributed by atoms with E-state index in [1.165, 1.54) is 0 Å². The summed E-state index contributed by atoms with van der Waals surface area (Å²) in [5.41, 5.74) is 6.23. The molecule has 0 amide bonds. The molecular formula is C38H40O4. The van der Waals surface area contributed by atoms with E-state index in [4.69, 9.17) is 9.47 Å². The van der Waals surface area contributed by atoms with Crippen LogP contribution in [-0.2, 0) is 20.3 Å². The van der Waals surface area contributed by atoms with E-state index in [0.717, 1.165) is 22.3 Å². The molecule has 0 unspecified atom stereocenters. The molecule has 4 aromatic carbocycles. The van der Waals surface area contributed by atoms with Crippen LogP contribution in [0.1, 0.15) is 95.6 Å². The summed E-state index contributed by atoms with van der Waals surface area (Å²) in [6, 6.07) is 30.0. The summed E-state index contributed by atoms with van der Waals surface area (Å²) in [4.78, 5) is 27.0. The monoisotopic (exact) mass is 560 g/mol. The quantitative estimate of drug-likeness (QED) is 0.134. The second kappa shape index (κ2) is 12.2. The number of hydrogen-bond acceptors (Lipinski definition) is 4. The van der Waals surface area contributed by atoms with Gasteiger partial charge >= 0.3 is 11.9 Å². The van der Waals surface area contributed by atoms with Crippen LogP contribution in [0, 0.1) is 13.8 Å². The Morgan fingerprint density at radius 1 is 0.429 bits per heavy atom. The van der Waals surface area contributed by atoms with Crippen LogP contribution < -0.4 is 0 Å². The lowest BCUT2D eigenvalue weighted by Crippen LogP contribution is -2.13. The zero-order chi connectivity index (χ0) is 30.7. The van der Waals surface area contributed by atoms with E-state index >= 15 is 0 Å². The third-order valence-electron chi connectivity index (χ3n) is 7.20. The molecule has 0 aliphatic heterocycles. The van der Waals surface area contributed by atoms with Gasteiger partial charge in [-0.05, 0) is 60.1 Å². The summed E-state index contributed by atoms with van der Waals surface area (Å²) in [6.07, 6.45) is 0. The van der Waals surface area contributed by atoms with Crippen LogP contribution in [0.5, 0.6) is 0 Å². The summed E-state index contributed by atoms with van der Waals surface area (Å²) >= 11 is 0. The first-order valence-electron chi connectivity index (χ1n) is 14.3. The van der Waals surface area contributed by atoms with Gasteiger partial charge < -0.3 is 9.47 Å². The third kappa shape index (κ3) is 7.44. The zero-order valence-corrected chi connectivity index (χ0v) is 25.9. The molecule has 4 aromatic rings. The molecule has 0 saturated heterocycles. The van der Waals surface area contributed by atoms with Crippen LogP contribution in [-0.4, -0.2) is 11.9 Å². The number of hydrogen-bond donors (Lipinski definition) is 0. The van der Waals surface area contributed by atoms with Crippen molar-refractivity contribution in [1.82, 2.24) is 0 Å². The number of benzene rings is 4. The Balaban J connectivity index is 1.90. The van der Waals surface area contributed by atoms with Crippen LogP contribution in [0.3, 0.4) is 0 Å². The van der Waals surface area contributed by atoms with Gasteiger partial charge in [0.05, 0.1) is 11.1 Å². The van der Waals surface area contributed by atoms with E-state index in [0.29, 0.717) is 22.3 Å². The highest BCUT2D eigenvalue weighted by molar-refractivity contribution is 6.00. The number of ether oxygens (including phenoxy) is 2. The standard InChI is InChI=1S/C38H40O4/c1-25-9-13-29(14-10-25)35(39)41-33(27-17-21-31(22-18-27)37(3,4)5)34(28-19-23-32(24-20-28)38(6,7)8)42-36(40)30-15-11-26(2)12-16-30/h9-24H,1-8H3. The first-order chi connectivity index (χ1) is 19.7. The normalized spacial score (nSPS) is 12.4. The van der Waals surface area contributed by atoms with E-state index in [1.54, 1.807) is 24.3 Å². The summed E-state index contributed by atoms with van der Waals surface area (Å²) < 4.78 is 12.2. The summed E-state index contributed by atoms with van der Waals surface area (Å²) in [7, 11) is 0. The highest BCUT2D eigenvalue weighted by Gasteiger charge is 2.24. The van der Waals surface area contributed by atoms with Crippen molar-refractivity contribution in [2.24, 2.45) is 0 Å². The minimum atomic E-state index is -0.542. The maximum absolute atomic E-state index is 13.5. The number of carbonyl (C=O) groups excluding carboxylic acids is 2. The van der Waals surface area contributed by atoms with Crippen LogP contribution >= 0.6 is 0 Å². The van der Waals surface area contributed by atoms with Gasteiger partial charge in [0.25, 0.3) is 0 Å². The van der Waals surface area contributed by atoms with Gasteiger partial charge in [0, 0.05) is 11.1 Å². The fourth-order valence-electron chi connectivity index (χ4n) is 4.40. The van der Waals surface area contributed by atoms with Gasteiger partial charge in [-0.15, -0.1) is 0 Å². The zero-order valence-electron chi connectivity index (χ0n) is 25.9. The molecular weight excluding hydrogens is 520 g/mol. The Morgan fingerprint density at radius 3 is 0.952 bits per heavy atom. The molecule has 4 nitrogen and oxygen atoms in total. The fourth-order valence-corrected chi connectivity index (χ4v) is 4.40. The Bertz CT molecular complexity index is 1450. The van der Waals surface area contributed by atoms with Crippen LogP contribution in [0.4, 0.5) is 0 Å². The van der Waals surface area contributed by atoms with Gasteiger partial charge in [0.1, 0.15) is 0 Å². The van der Waals surface area contributed by atoms with Crippen molar-refractivity contribution in [2.45, 2.75) is 66.2 Å². The average Bonchev–Trinajstić information content (AvgIpc) is 2.94. The van der Waals surface area contributed by atoms with Gasteiger partial charge in [-0.1, -0.05) is 125 Å². The molecule has 0 aliphatic carbocycles. The average molecular weight is 561 g/mol. The van der Waals surface area contributed by atoms with Gasteiger partial charge in [-0.3, -0.25) is 0 Å². The van der Waals surface area contributed by atoms with Crippen molar-refractivity contribution in [3.63, 3.8) is 0 Å². The van der Waals surface area contributed by atoms with Crippen molar-refractivity contribution >= 4 is 23.5 Å². The molecule has 0 radical (unpaired) electrons. The maximum atomic E-state index is 13.5. The molecule has 0 saturated carbocycles. The first kappa shape index (κ1) is 30.5. The largest absolute Gasteiger partial charge is 0.418 e. The fraction of sp³-hybridized carbons (Fsp3) is 0.263. The molecule has 0 heterocycles. The van der Waals surface area contributed by atoms with Crippen molar-refractivity contribution in [1.29, 1.82) is 0 Å². The van der Waals surface area contributed by atoms with Crippen molar-refractivity contribution in [3.8, 4) is 0 Å². The van der Waals surface area contributed by atoms with E-state index < -0.39 is 11.9 Å². The molecule has 216 valence electrons. The molecule has 0 atom stereocenters. The maximum Gasteiger partial charge on any atom is 0.343 e. The first-order valence-corrected chi connectivity index (χ1v) is 14.3. The van der Waals surface area contributed by atoms with Crippen molar-refractivity contribution in [2.75, 3.05) is 0 Å². The smallest absolute Gasteiger partial charge is 0.343 e. The minimum absolute atomic E-state index is 0.0650. The lowest BCUT2D eigenvalue weighted by atomic mass is 9.86. The molecule has 4 heteroatoms. The lowest BCUT2D eigenvalue weighted by molar-refractivity contribution is 0.0646. The van der Waals surface area contributed by atoms with Gasteiger partial charge in [-0.2, -0.15) is 0 Å². The van der Waals surface area contributed by atoms with Gasteiger partial charge in [0.15, 0.2) is 11.5 Å². The molecule has 0 bridgehead atoms. The molecule has 0 fully saturated rings. The highest BCUT2D eigenvalue weighted by atomic mass is 16.6. The molecule has 4 rings (SSSR count). The van der Waals surface area contributed by atoms with Crippen LogP contribution in [0.15, 0.2) is 97.1 Å². The van der Waals surface area contributed by atoms with Crippen molar-refractivity contribution in [3.05, 3.63) is 142 Å². The number of esters is 2. The number of carbonyl (C=O) groups is 2. The second-order valence-electron chi connectivity index (χ2n) is 12.8. The number of aryl methyl sites for hydroxylation is 2. The van der Waals surface area contributed by atoms with Gasteiger partial charge in [-0.25, -0.2) is 9.59 Å². The summed E-state index contributed by atoms with van der Waals surface area (Å²) in [5.74, 6) is -0.741.